The molecule has 2 amide bonds. The Balaban J connectivity index is 2.19. The zero-order chi connectivity index (χ0) is 15.9. The van der Waals surface area contributed by atoms with Crippen molar-refractivity contribution in [1.29, 1.82) is 0 Å². The molecule has 0 bridgehead atoms. The minimum absolute atomic E-state index is 0.186. The minimum atomic E-state index is -0.753. The van der Waals surface area contributed by atoms with E-state index in [0.717, 1.165) is 5.56 Å². The summed E-state index contributed by atoms with van der Waals surface area (Å²) in [6, 6.07) is 7.27. The largest absolute Gasteiger partial charge is 0.448 e. The normalized spacial score (nSPS) is 10.6. The fourth-order valence-corrected chi connectivity index (χ4v) is 1.39. The highest BCUT2D eigenvalue weighted by Gasteiger charge is 2.16. The van der Waals surface area contributed by atoms with E-state index in [0.29, 0.717) is 12.1 Å². The van der Waals surface area contributed by atoms with Gasteiger partial charge < -0.3 is 15.2 Å². The predicted molar refractivity (Wildman–Crippen MR) is 78.4 cm³/mol. The van der Waals surface area contributed by atoms with Gasteiger partial charge in [0.05, 0.1) is 6.61 Å². The second kappa shape index (κ2) is 7.37. The highest BCUT2D eigenvalue weighted by molar-refractivity contribution is 5.73. The molecule has 0 spiro atoms. The molecule has 7 heteroatoms. The van der Waals surface area contributed by atoms with Gasteiger partial charge in [0.15, 0.2) is 0 Å². The van der Waals surface area contributed by atoms with Gasteiger partial charge in [0, 0.05) is 12.1 Å². The first-order valence-electron chi connectivity index (χ1n) is 6.52. The van der Waals surface area contributed by atoms with E-state index in [4.69, 9.17) is 15.2 Å². The van der Waals surface area contributed by atoms with Crippen LogP contribution in [0, 0.1) is 0 Å². The number of amides is 2. The number of nitrogen functional groups attached to an aromatic ring is 1. The summed E-state index contributed by atoms with van der Waals surface area (Å²) in [6.07, 6.45) is -0.950. The van der Waals surface area contributed by atoms with E-state index in [1.807, 2.05) is 12.1 Å². The van der Waals surface area contributed by atoms with Gasteiger partial charge in [0.1, 0.15) is 5.60 Å². The predicted octanol–water partition coefficient (Wildman–Crippen LogP) is 1.98. The Morgan fingerprint density at radius 2 is 1.67 bits per heavy atom. The zero-order valence-corrected chi connectivity index (χ0v) is 12.4. The number of hydrogen-bond donors (Lipinski definition) is 3. The van der Waals surface area contributed by atoms with Crippen LogP contribution in [-0.4, -0.2) is 24.4 Å². The van der Waals surface area contributed by atoms with Crippen LogP contribution in [0.5, 0.6) is 0 Å². The standard InChI is InChI=1S/C14H21N3O4/c1-14(2,3)21-13(19)17-16-12(18)20-9-8-10-4-6-11(15)7-5-10/h4-7H,8-9,15H2,1-3H3,(H,16,18)(H,17,19). The number of benzene rings is 1. The lowest BCUT2D eigenvalue weighted by molar-refractivity contribution is 0.0486. The average molecular weight is 295 g/mol. The molecule has 116 valence electrons. The summed E-state index contributed by atoms with van der Waals surface area (Å²) in [5, 5.41) is 0. The molecule has 0 aliphatic rings. The fourth-order valence-electron chi connectivity index (χ4n) is 1.39. The number of hydrazine groups is 1. The first kappa shape index (κ1) is 16.6. The number of rotatable bonds is 3. The summed E-state index contributed by atoms with van der Waals surface area (Å²) in [4.78, 5) is 22.6. The van der Waals surface area contributed by atoms with Crippen LogP contribution in [0.25, 0.3) is 0 Å². The van der Waals surface area contributed by atoms with Gasteiger partial charge in [-0.15, -0.1) is 0 Å². The van der Waals surface area contributed by atoms with Crippen molar-refractivity contribution >= 4 is 17.9 Å². The van der Waals surface area contributed by atoms with Gasteiger partial charge >= 0.3 is 12.2 Å². The third-order valence-corrected chi connectivity index (χ3v) is 2.27. The molecule has 0 unspecified atom stereocenters. The van der Waals surface area contributed by atoms with Gasteiger partial charge in [0.2, 0.25) is 0 Å². The SMILES string of the molecule is CC(C)(C)OC(=O)NNC(=O)OCCc1ccc(N)cc1. The van der Waals surface area contributed by atoms with Crippen molar-refractivity contribution in [2.45, 2.75) is 32.8 Å². The van der Waals surface area contributed by atoms with E-state index in [1.165, 1.54) is 0 Å². The Bertz CT molecular complexity index is 480. The molecular weight excluding hydrogens is 274 g/mol. The second-order valence-electron chi connectivity index (χ2n) is 5.38. The molecule has 0 saturated heterocycles. The van der Waals surface area contributed by atoms with Crippen molar-refractivity contribution in [2.24, 2.45) is 0 Å². The van der Waals surface area contributed by atoms with Crippen molar-refractivity contribution in [3.8, 4) is 0 Å². The molecule has 0 aliphatic heterocycles. The Hall–Kier alpha value is -2.44. The molecule has 0 aromatic heterocycles. The van der Waals surface area contributed by atoms with Crippen LogP contribution in [0.3, 0.4) is 0 Å². The van der Waals surface area contributed by atoms with Gasteiger partial charge in [-0.05, 0) is 38.5 Å². The molecule has 0 heterocycles. The van der Waals surface area contributed by atoms with Crippen LogP contribution in [0.15, 0.2) is 24.3 Å². The monoisotopic (exact) mass is 295 g/mol. The Morgan fingerprint density at radius 3 is 2.24 bits per heavy atom. The number of carbonyl (C=O) groups excluding carboxylic acids is 2. The summed E-state index contributed by atoms with van der Waals surface area (Å²) in [5.41, 5.74) is 10.8. The van der Waals surface area contributed by atoms with E-state index in [2.05, 4.69) is 10.9 Å². The first-order valence-corrected chi connectivity index (χ1v) is 6.52. The molecule has 1 rings (SSSR count). The Morgan fingerprint density at radius 1 is 1.10 bits per heavy atom. The number of nitrogens with two attached hydrogens (primary N) is 1. The van der Waals surface area contributed by atoms with Gasteiger partial charge in [0.25, 0.3) is 0 Å². The lowest BCUT2D eigenvalue weighted by atomic mass is 10.1. The summed E-state index contributed by atoms with van der Waals surface area (Å²) >= 11 is 0. The van der Waals surface area contributed by atoms with Crippen molar-refractivity contribution in [3.63, 3.8) is 0 Å². The number of anilines is 1. The zero-order valence-electron chi connectivity index (χ0n) is 12.4. The van der Waals surface area contributed by atoms with E-state index in [1.54, 1.807) is 32.9 Å². The lowest BCUT2D eigenvalue weighted by Gasteiger charge is -2.19. The Kier molecular flexibility index (Phi) is 5.83. The summed E-state index contributed by atoms with van der Waals surface area (Å²) < 4.78 is 9.85. The van der Waals surface area contributed by atoms with Gasteiger partial charge in [-0.3, -0.25) is 0 Å². The fraction of sp³-hybridized carbons (Fsp3) is 0.429. The van der Waals surface area contributed by atoms with Crippen LogP contribution in [0.2, 0.25) is 0 Å². The van der Waals surface area contributed by atoms with Gasteiger partial charge in [-0.1, -0.05) is 12.1 Å². The summed E-state index contributed by atoms with van der Waals surface area (Å²) in [7, 11) is 0. The number of ether oxygens (including phenoxy) is 2. The lowest BCUT2D eigenvalue weighted by Crippen LogP contribution is -2.44. The Labute approximate surface area is 123 Å². The van der Waals surface area contributed by atoms with Crippen LogP contribution < -0.4 is 16.6 Å². The maximum Gasteiger partial charge on any atom is 0.426 e. The number of nitrogens with one attached hydrogen (secondary N) is 2. The molecule has 0 saturated carbocycles. The van der Waals surface area contributed by atoms with Crippen LogP contribution >= 0.6 is 0 Å². The van der Waals surface area contributed by atoms with Crippen LogP contribution in [-0.2, 0) is 15.9 Å². The molecular formula is C14H21N3O4. The van der Waals surface area contributed by atoms with E-state index in [9.17, 15) is 9.59 Å². The second-order valence-corrected chi connectivity index (χ2v) is 5.38. The van der Waals surface area contributed by atoms with Crippen molar-refractivity contribution in [1.82, 2.24) is 10.9 Å². The topological polar surface area (TPSA) is 103 Å². The highest BCUT2D eigenvalue weighted by atomic mass is 16.6. The molecule has 21 heavy (non-hydrogen) atoms. The molecule has 0 atom stereocenters. The first-order chi connectivity index (χ1) is 9.76. The molecule has 7 nitrogen and oxygen atoms in total. The minimum Gasteiger partial charge on any atom is -0.448 e. The maximum atomic E-state index is 11.3. The van der Waals surface area contributed by atoms with E-state index < -0.39 is 17.8 Å². The maximum absolute atomic E-state index is 11.3. The number of hydrogen-bond acceptors (Lipinski definition) is 5. The third kappa shape index (κ3) is 7.66. The van der Waals surface area contributed by atoms with E-state index in [-0.39, 0.29) is 6.61 Å². The molecule has 0 fully saturated rings. The van der Waals surface area contributed by atoms with Crippen molar-refractivity contribution < 1.29 is 19.1 Å². The number of carbonyl (C=O) groups is 2. The van der Waals surface area contributed by atoms with Crippen LogP contribution in [0.1, 0.15) is 26.3 Å². The van der Waals surface area contributed by atoms with E-state index >= 15 is 0 Å². The molecule has 0 radical (unpaired) electrons. The summed E-state index contributed by atoms with van der Waals surface area (Å²) in [5.74, 6) is 0. The van der Waals surface area contributed by atoms with Gasteiger partial charge in [-0.2, -0.15) is 0 Å². The van der Waals surface area contributed by atoms with Crippen LogP contribution in [0.4, 0.5) is 15.3 Å². The molecule has 1 aromatic rings. The van der Waals surface area contributed by atoms with Crippen molar-refractivity contribution in [3.05, 3.63) is 29.8 Å². The smallest absolute Gasteiger partial charge is 0.426 e. The average Bonchev–Trinajstić information content (AvgIpc) is 2.37. The van der Waals surface area contributed by atoms with Crippen molar-refractivity contribution in [2.75, 3.05) is 12.3 Å². The quantitative estimate of drug-likeness (QED) is 0.584. The molecule has 4 N–H and O–H groups in total. The molecule has 0 aliphatic carbocycles. The van der Waals surface area contributed by atoms with Gasteiger partial charge in [-0.25, -0.2) is 20.4 Å². The highest BCUT2D eigenvalue weighted by Crippen LogP contribution is 2.06. The molecule has 1 aromatic carbocycles. The summed E-state index contributed by atoms with van der Waals surface area (Å²) in [6.45, 7) is 5.35. The third-order valence-electron chi connectivity index (χ3n) is 2.27.